The Hall–Kier alpha value is -0.0400. The molecular weight excluding hydrogens is 158 g/mol. The first kappa shape index (κ1) is 8.28. The molecule has 0 amide bonds. The van der Waals surface area contributed by atoms with Gasteiger partial charge in [0.2, 0.25) is 0 Å². The van der Waals surface area contributed by atoms with E-state index in [-0.39, 0.29) is 0 Å². The van der Waals surface area contributed by atoms with Gasteiger partial charge in [0.15, 0.2) is 0 Å². The van der Waals surface area contributed by atoms with E-state index >= 15 is 0 Å². The number of nitrogens with zero attached hydrogens (tertiary/aromatic N) is 1. The molecule has 0 unspecified atom stereocenters. The average Bonchev–Trinajstić information content (AvgIpc) is 2.71. The van der Waals surface area contributed by atoms with Crippen LogP contribution < -0.4 is 0 Å². The van der Waals surface area contributed by atoms with Crippen LogP contribution in [0.4, 0.5) is 0 Å². The van der Waals surface area contributed by atoms with Gasteiger partial charge in [0, 0.05) is 11.6 Å². The second kappa shape index (κ2) is 2.98. The molecule has 3 fully saturated rings. The molecule has 0 aromatic rings. The van der Waals surface area contributed by atoms with Crippen LogP contribution in [0.2, 0.25) is 0 Å². The van der Waals surface area contributed by atoms with Crippen molar-refractivity contribution in [1.29, 1.82) is 0 Å². The van der Waals surface area contributed by atoms with Crippen molar-refractivity contribution in [2.75, 3.05) is 6.54 Å². The Morgan fingerprint density at radius 3 is 2.15 bits per heavy atom. The van der Waals surface area contributed by atoms with E-state index in [1.165, 1.54) is 64.3 Å². The van der Waals surface area contributed by atoms with Gasteiger partial charge in [-0.05, 0) is 51.5 Å². The van der Waals surface area contributed by atoms with Gasteiger partial charge in [-0.25, -0.2) is 0 Å². The van der Waals surface area contributed by atoms with Crippen molar-refractivity contribution in [1.82, 2.24) is 4.90 Å². The van der Waals surface area contributed by atoms with Crippen LogP contribution in [0.5, 0.6) is 0 Å². The number of likely N-dealkylation sites (tertiary alicyclic amines) is 1. The highest BCUT2D eigenvalue weighted by Gasteiger charge is 2.48. The fraction of sp³-hybridized carbons (Fsp3) is 1.00. The lowest BCUT2D eigenvalue weighted by Crippen LogP contribution is -2.52. The largest absolute Gasteiger partial charge is 0.295 e. The Bertz CT molecular complexity index is 189. The zero-order chi connectivity index (χ0) is 8.73. The van der Waals surface area contributed by atoms with Crippen molar-refractivity contribution in [2.24, 2.45) is 0 Å². The summed E-state index contributed by atoms with van der Waals surface area (Å²) in [5, 5.41) is 0. The fourth-order valence-electron chi connectivity index (χ4n) is 3.87. The SMILES string of the molecule is C1CCC(N2CCCC23CCC3)C1. The third-order valence-electron chi connectivity index (χ3n) is 4.70. The highest BCUT2D eigenvalue weighted by molar-refractivity contribution is 5.04. The van der Waals surface area contributed by atoms with Gasteiger partial charge in [-0.3, -0.25) is 4.90 Å². The van der Waals surface area contributed by atoms with E-state index in [1.54, 1.807) is 0 Å². The molecule has 1 aliphatic heterocycles. The Kier molecular flexibility index (Phi) is 1.90. The molecule has 3 aliphatic rings. The van der Waals surface area contributed by atoms with Crippen LogP contribution in [0.15, 0.2) is 0 Å². The first-order valence-corrected chi connectivity index (χ1v) is 6.18. The number of hydrogen-bond acceptors (Lipinski definition) is 1. The van der Waals surface area contributed by atoms with Crippen LogP contribution in [0.1, 0.15) is 57.8 Å². The molecule has 1 heterocycles. The summed E-state index contributed by atoms with van der Waals surface area (Å²) in [5.74, 6) is 0. The monoisotopic (exact) mass is 179 g/mol. The van der Waals surface area contributed by atoms with Crippen molar-refractivity contribution in [3.63, 3.8) is 0 Å². The smallest absolute Gasteiger partial charge is 0.0213 e. The average molecular weight is 179 g/mol. The topological polar surface area (TPSA) is 3.24 Å². The molecule has 2 saturated carbocycles. The van der Waals surface area contributed by atoms with E-state index in [0.717, 1.165) is 11.6 Å². The number of hydrogen-bond donors (Lipinski definition) is 0. The van der Waals surface area contributed by atoms with E-state index < -0.39 is 0 Å². The normalized spacial score (nSPS) is 34.2. The molecule has 1 nitrogen and oxygen atoms in total. The molecule has 0 aromatic carbocycles. The van der Waals surface area contributed by atoms with Gasteiger partial charge >= 0.3 is 0 Å². The molecule has 0 atom stereocenters. The van der Waals surface area contributed by atoms with Gasteiger partial charge in [0.05, 0.1) is 0 Å². The number of rotatable bonds is 1. The molecule has 0 radical (unpaired) electrons. The summed E-state index contributed by atoms with van der Waals surface area (Å²) < 4.78 is 0. The molecule has 1 heteroatoms. The predicted molar refractivity (Wildman–Crippen MR) is 54.8 cm³/mol. The molecule has 74 valence electrons. The maximum atomic E-state index is 2.91. The summed E-state index contributed by atoms with van der Waals surface area (Å²) in [6.07, 6.45) is 13.5. The fourth-order valence-corrected chi connectivity index (χ4v) is 3.87. The van der Waals surface area contributed by atoms with Gasteiger partial charge in [-0.1, -0.05) is 12.8 Å². The van der Waals surface area contributed by atoms with Crippen LogP contribution in [0.3, 0.4) is 0 Å². The quantitative estimate of drug-likeness (QED) is 0.598. The lowest BCUT2D eigenvalue weighted by Gasteiger charge is -2.48. The lowest BCUT2D eigenvalue weighted by atomic mass is 9.74. The summed E-state index contributed by atoms with van der Waals surface area (Å²) in [6, 6.07) is 0.989. The minimum atomic E-state index is 0.731. The summed E-state index contributed by atoms with van der Waals surface area (Å²) in [5.41, 5.74) is 0.731. The first-order valence-electron chi connectivity index (χ1n) is 6.18. The van der Waals surface area contributed by atoms with Gasteiger partial charge in [-0.2, -0.15) is 0 Å². The molecule has 13 heavy (non-hydrogen) atoms. The molecule has 1 spiro atoms. The summed E-state index contributed by atoms with van der Waals surface area (Å²) in [4.78, 5) is 2.91. The van der Waals surface area contributed by atoms with E-state index in [4.69, 9.17) is 0 Å². The zero-order valence-corrected chi connectivity index (χ0v) is 8.60. The zero-order valence-electron chi connectivity index (χ0n) is 8.60. The highest BCUT2D eigenvalue weighted by Crippen LogP contribution is 2.48. The molecule has 0 bridgehead atoms. The maximum Gasteiger partial charge on any atom is 0.0213 e. The van der Waals surface area contributed by atoms with E-state index in [1.807, 2.05) is 0 Å². The van der Waals surface area contributed by atoms with Crippen molar-refractivity contribution < 1.29 is 0 Å². The molecule has 2 aliphatic carbocycles. The van der Waals surface area contributed by atoms with Gasteiger partial charge in [0.1, 0.15) is 0 Å². The Labute approximate surface area is 81.5 Å². The third kappa shape index (κ3) is 1.16. The lowest BCUT2D eigenvalue weighted by molar-refractivity contribution is 0.0219. The first-order chi connectivity index (χ1) is 6.41. The summed E-state index contributed by atoms with van der Waals surface area (Å²) in [6.45, 7) is 1.42. The van der Waals surface area contributed by atoms with Crippen LogP contribution in [0.25, 0.3) is 0 Å². The summed E-state index contributed by atoms with van der Waals surface area (Å²) >= 11 is 0. The standard InChI is InChI=1S/C12H21N/c1-2-6-11(5-1)13-10-4-9-12(13)7-3-8-12/h11H,1-10H2. The second-order valence-electron chi connectivity index (χ2n) is 5.31. The Morgan fingerprint density at radius 2 is 1.54 bits per heavy atom. The van der Waals surface area contributed by atoms with Crippen LogP contribution in [-0.4, -0.2) is 23.0 Å². The molecule has 0 N–H and O–H groups in total. The molecule has 0 aromatic heterocycles. The van der Waals surface area contributed by atoms with E-state index in [9.17, 15) is 0 Å². The Morgan fingerprint density at radius 1 is 0.846 bits per heavy atom. The predicted octanol–water partition coefficient (Wildman–Crippen LogP) is 2.95. The summed E-state index contributed by atoms with van der Waals surface area (Å²) in [7, 11) is 0. The van der Waals surface area contributed by atoms with Gasteiger partial charge < -0.3 is 0 Å². The second-order valence-corrected chi connectivity index (χ2v) is 5.31. The van der Waals surface area contributed by atoms with E-state index in [0.29, 0.717) is 0 Å². The van der Waals surface area contributed by atoms with Crippen LogP contribution in [-0.2, 0) is 0 Å². The maximum absolute atomic E-state index is 2.91. The van der Waals surface area contributed by atoms with Gasteiger partial charge in [0.25, 0.3) is 0 Å². The van der Waals surface area contributed by atoms with Crippen LogP contribution >= 0.6 is 0 Å². The van der Waals surface area contributed by atoms with Crippen molar-refractivity contribution in [3.05, 3.63) is 0 Å². The third-order valence-corrected chi connectivity index (χ3v) is 4.70. The minimum Gasteiger partial charge on any atom is -0.295 e. The molecule has 3 rings (SSSR count). The van der Waals surface area contributed by atoms with Crippen molar-refractivity contribution >= 4 is 0 Å². The van der Waals surface area contributed by atoms with E-state index in [2.05, 4.69) is 4.90 Å². The van der Waals surface area contributed by atoms with Crippen molar-refractivity contribution in [3.8, 4) is 0 Å². The van der Waals surface area contributed by atoms with Crippen molar-refractivity contribution in [2.45, 2.75) is 69.4 Å². The molecular formula is C12H21N. The Balaban J connectivity index is 1.74. The highest BCUT2D eigenvalue weighted by atomic mass is 15.3. The molecule has 1 saturated heterocycles. The minimum absolute atomic E-state index is 0.731. The van der Waals surface area contributed by atoms with Gasteiger partial charge in [-0.15, -0.1) is 0 Å². The van der Waals surface area contributed by atoms with Crippen LogP contribution in [0, 0.1) is 0 Å².